The van der Waals surface area contributed by atoms with Gasteiger partial charge in [0.2, 0.25) is 5.78 Å². The highest BCUT2D eigenvalue weighted by atomic mass is 19.1. The minimum absolute atomic E-state index is 0.180. The summed E-state index contributed by atoms with van der Waals surface area (Å²) in [5, 5.41) is 5.34. The Hall–Kier alpha value is -3.22. The lowest BCUT2D eigenvalue weighted by molar-refractivity contribution is -0.139. The van der Waals surface area contributed by atoms with Crippen molar-refractivity contribution in [3.05, 3.63) is 71.5 Å². The van der Waals surface area contributed by atoms with Crippen LogP contribution in [0.3, 0.4) is 0 Å². The maximum absolute atomic E-state index is 13.2. The third-order valence-corrected chi connectivity index (χ3v) is 6.74. The third kappa shape index (κ3) is 7.64. The lowest BCUT2D eigenvalue weighted by atomic mass is 9.66. The number of nitrogens with one attached hydrogen (secondary N) is 2. The first-order valence-corrected chi connectivity index (χ1v) is 12.4. The summed E-state index contributed by atoms with van der Waals surface area (Å²) in [6.07, 6.45) is 4.73. The Morgan fingerprint density at radius 1 is 1.03 bits per heavy atom. The molecule has 1 aliphatic rings. The van der Waals surface area contributed by atoms with Crippen LogP contribution in [0.2, 0.25) is 0 Å². The van der Waals surface area contributed by atoms with Crippen molar-refractivity contribution in [2.24, 2.45) is 5.41 Å². The van der Waals surface area contributed by atoms with Crippen molar-refractivity contribution in [3.63, 3.8) is 0 Å². The smallest absolute Gasteiger partial charge is 0.407 e. The summed E-state index contributed by atoms with van der Waals surface area (Å²) in [6.45, 7) is 4.00. The Kier molecular flexibility index (Phi) is 9.40. The maximum Gasteiger partial charge on any atom is 0.407 e. The summed E-state index contributed by atoms with van der Waals surface area (Å²) in [4.78, 5) is 38.1. The van der Waals surface area contributed by atoms with Crippen molar-refractivity contribution in [3.8, 4) is 0 Å². The Labute approximate surface area is 206 Å². The second-order valence-corrected chi connectivity index (χ2v) is 9.54. The monoisotopic (exact) mass is 482 g/mol. The fourth-order valence-electron chi connectivity index (χ4n) is 4.41. The highest BCUT2D eigenvalue weighted by molar-refractivity contribution is 6.38. The number of Topliss-reactive ketones (excluding diaryl/α,β-unsaturated/α-hetero) is 1. The molecule has 2 atom stereocenters. The van der Waals surface area contributed by atoms with Crippen molar-refractivity contribution >= 4 is 17.8 Å². The SMILES string of the molecule is CCCC[C@H](NC(=O)OCC1(Cc2ccc(F)cc2)CCC1)C(=O)C(=O)N[C@H](C)c1ccccc1. The lowest BCUT2D eigenvalue weighted by Gasteiger charge is -2.41. The van der Waals surface area contributed by atoms with Gasteiger partial charge in [-0.2, -0.15) is 0 Å². The van der Waals surface area contributed by atoms with Crippen molar-refractivity contribution in [2.45, 2.75) is 70.9 Å². The highest BCUT2D eigenvalue weighted by Crippen LogP contribution is 2.44. The Morgan fingerprint density at radius 2 is 1.71 bits per heavy atom. The number of ketones is 1. The number of halogens is 1. The molecule has 7 heteroatoms. The Bertz CT molecular complexity index is 990. The molecule has 188 valence electrons. The molecule has 2 aromatic rings. The van der Waals surface area contributed by atoms with E-state index in [9.17, 15) is 18.8 Å². The topological polar surface area (TPSA) is 84.5 Å². The predicted molar refractivity (Wildman–Crippen MR) is 132 cm³/mol. The first-order valence-electron chi connectivity index (χ1n) is 12.4. The molecule has 0 heterocycles. The zero-order chi connectivity index (χ0) is 25.3. The molecule has 3 rings (SSSR count). The molecule has 2 amide bonds. The average Bonchev–Trinajstić information content (AvgIpc) is 2.84. The molecule has 0 unspecified atom stereocenters. The van der Waals surface area contributed by atoms with Crippen LogP contribution >= 0.6 is 0 Å². The van der Waals surface area contributed by atoms with E-state index in [2.05, 4.69) is 10.6 Å². The standard InChI is InChI=1S/C28H35FN2O4/c1-3-4-11-24(25(32)26(33)30-20(2)22-9-6-5-7-10-22)31-27(34)35-19-28(16-8-17-28)18-21-12-14-23(29)15-13-21/h5-7,9-10,12-15,20,24H,3-4,8,11,16-19H2,1-2H3,(H,30,33)(H,31,34)/t20-,24+/m1/s1. The molecule has 0 saturated heterocycles. The second kappa shape index (κ2) is 12.5. The number of carbonyl (C=O) groups excluding carboxylic acids is 3. The van der Waals surface area contributed by atoms with Gasteiger partial charge >= 0.3 is 6.09 Å². The van der Waals surface area contributed by atoms with Gasteiger partial charge in [0, 0.05) is 5.41 Å². The number of rotatable bonds is 12. The van der Waals surface area contributed by atoms with E-state index in [1.807, 2.05) is 44.2 Å². The highest BCUT2D eigenvalue weighted by Gasteiger charge is 2.39. The van der Waals surface area contributed by atoms with Gasteiger partial charge in [-0.3, -0.25) is 9.59 Å². The first-order chi connectivity index (χ1) is 16.8. The molecule has 0 radical (unpaired) electrons. The molecule has 35 heavy (non-hydrogen) atoms. The van der Waals surface area contributed by atoms with Gasteiger partial charge in [0.05, 0.1) is 12.6 Å². The van der Waals surface area contributed by atoms with Crippen molar-refractivity contribution in [1.82, 2.24) is 10.6 Å². The number of alkyl carbamates (subject to hydrolysis) is 1. The van der Waals surface area contributed by atoms with Gasteiger partial charge in [0.25, 0.3) is 5.91 Å². The number of amides is 2. The van der Waals surface area contributed by atoms with Crippen LogP contribution in [0.1, 0.15) is 69.5 Å². The second-order valence-electron chi connectivity index (χ2n) is 9.54. The molecular formula is C28H35FN2O4. The molecule has 0 spiro atoms. The molecule has 2 aromatic carbocycles. The van der Waals surface area contributed by atoms with E-state index in [4.69, 9.17) is 4.74 Å². The van der Waals surface area contributed by atoms with Gasteiger partial charge in [-0.15, -0.1) is 0 Å². The minimum atomic E-state index is -0.945. The molecule has 0 aromatic heterocycles. The van der Waals surface area contributed by atoms with Gasteiger partial charge in [-0.05, 0) is 55.9 Å². The van der Waals surface area contributed by atoms with Crippen LogP contribution in [0.4, 0.5) is 9.18 Å². The largest absolute Gasteiger partial charge is 0.449 e. The van der Waals surface area contributed by atoms with Crippen molar-refractivity contribution < 1.29 is 23.5 Å². The molecule has 1 saturated carbocycles. The summed E-state index contributed by atoms with van der Waals surface area (Å²) < 4.78 is 18.8. The van der Waals surface area contributed by atoms with Crippen LogP contribution < -0.4 is 10.6 Å². The van der Waals surface area contributed by atoms with E-state index in [0.29, 0.717) is 19.3 Å². The summed E-state index contributed by atoms with van der Waals surface area (Å²) in [5.41, 5.74) is 1.70. The van der Waals surface area contributed by atoms with Gasteiger partial charge in [-0.25, -0.2) is 9.18 Å². The molecule has 0 aliphatic heterocycles. The maximum atomic E-state index is 13.2. The summed E-state index contributed by atoms with van der Waals surface area (Å²) in [6, 6.07) is 14.5. The molecule has 1 aliphatic carbocycles. The van der Waals surface area contributed by atoms with Crippen LogP contribution in [0, 0.1) is 11.2 Å². The number of hydrogen-bond donors (Lipinski definition) is 2. The van der Waals surface area contributed by atoms with Crippen molar-refractivity contribution in [2.75, 3.05) is 6.61 Å². The lowest BCUT2D eigenvalue weighted by Crippen LogP contribution is -2.49. The Morgan fingerprint density at radius 3 is 2.31 bits per heavy atom. The van der Waals surface area contributed by atoms with Gasteiger partial charge in [-0.1, -0.05) is 68.7 Å². The molecule has 0 bridgehead atoms. The zero-order valence-corrected chi connectivity index (χ0v) is 20.5. The van der Waals surface area contributed by atoms with Gasteiger partial charge in [0.15, 0.2) is 0 Å². The zero-order valence-electron chi connectivity index (χ0n) is 20.5. The normalized spacial score (nSPS) is 15.9. The van der Waals surface area contributed by atoms with Crippen LogP contribution in [-0.4, -0.2) is 30.4 Å². The van der Waals surface area contributed by atoms with E-state index < -0.39 is 23.8 Å². The van der Waals surface area contributed by atoms with Gasteiger partial charge in [0.1, 0.15) is 11.9 Å². The third-order valence-electron chi connectivity index (χ3n) is 6.74. The summed E-state index contributed by atoms with van der Waals surface area (Å²) in [5.74, 6) is -1.69. The van der Waals surface area contributed by atoms with E-state index >= 15 is 0 Å². The fraction of sp³-hybridized carbons (Fsp3) is 0.464. The molecule has 2 N–H and O–H groups in total. The average molecular weight is 483 g/mol. The van der Waals surface area contributed by atoms with Crippen molar-refractivity contribution in [1.29, 1.82) is 0 Å². The van der Waals surface area contributed by atoms with E-state index in [1.165, 1.54) is 12.1 Å². The number of unbranched alkanes of at least 4 members (excludes halogenated alkanes) is 1. The molecule has 6 nitrogen and oxygen atoms in total. The summed E-state index contributed by atoms with van der Waals surface area (Å²) >= 11 is 0. The van der Waals surface area contributed by atoms with E-state index in [-0.39, 0.29) is 23.9 Å². The number of benzene rings is 2. The van der Waals surface area contributed by atoms with Crippen LogP contribution in [0.5, 0.6) is 0 Å². The quantitative estimate of drug-likeness (QED) is 0.404. The number of carbonyl (C=O) groups is 3. The minimum Gasteiger partial charge on any atom is -0.449 e. The van der Waals surface area contributed by atoms with Gasteiger partial charge < -0.3 is 15.4 Å². The summed E-state index contributed by atoms with van der Waals surface area (Å²) in [7, 11) is 0. The molecule has 1 fully saturated rings. The van der Waals surface area contributed by atoms with Crippen LogP contribution in [-0.2, 0) is 20.7 Å². The number of hydrogen-bond acceptors (Lipinski definition) is 4. The van der Waals surface area contributed by atoms with Crippen LogP contribution in [0.15, 0.2) is 54.6 Å². The molecular weight excluding hydrogens is 447 g/mol. The van der Waals surface area contributed by atoms with Crippen LogP contribution in [0.25, 0.3) is 0 Å². The fourth-order valence-corrected chi connectivity index (χ4v) is 4.41. The Balaban J connectivity index is 1.55. The van der Waals surface area contributed by atoms with E-state index in [1.54, 1.807) is 12.1 Å². The first kappa shape index (κ1) is 26.4. The van der Waals surface area contributed by atoms with E-state index in [0.717, 1.165) is 36.8 Å². The predicted octanol–water partition coefficient (Wildman–Crippen LogP) is 5.27. The number of ether oxygens (including phenoxy) is 1.